The normalized spacial score (nSPS) is 12.1. The second kappa shape index (κ2) is 5.59. The molecule has 1 N–H and O–H groups in total. The van der Waals surface area contributed by atoms with Gasteiger partial charge in [-0.2, -0.15) is 13.2 Å². The Morgan fingerprint density at radius 1 is 1.50 bits per heavy atom. The van der Waals surface area contributed by atoms with Gasteiger partial charge in [0.1, 0.15) is 0 Å². The van der Waals surface area contributed by atoms with Gasteiger partial charge in [-0.3, -0.25) is 0 Å². The van der Waals surface area contributed by atoms with Crippen molar-refractivity contribution in [1.82, 2.24) is 15.0 Å². The Balaban J connectivity index is 2.80. The number of carbonyl (C=O) groups is 1. The van der Waals surface area contributed by atoms with E-state index in [4.69, 9.17) is 5.11 Å². The highest BCUT2D eigenvalue weighted by Gasteiger charge is 2.28. The number of rotatable bonds is 5. The van der Waals surface area contributed by atoms with Crippen molar-refractivity contribution in [3.05, 3.63) is 11.4 Å². The third-order valence-electron chi connectivity index (χ3n) is 2.09. The predicted octanol–water partition coefficient (Wildman–Crippen LogP) is 2.35. The van der Waals surface area contributed by atoms with Crippen molar-refractivity contribution in [2.24, 2.45) is 0 Å². The molecule has 0 aliphatic rings. The SMILES string of the molecule is CC(C)c1c(C(=O)O)nnn1CCSC(F)(F)F. The number of hydrogen-bond donors (Lipinski definition) is 1. The molecule has 0 bridgehead atoms. The molecule has 1 aromatic rings. The molecule has 0 atom stereocenters. The quantitative estimate of drug-likeness (QED) is 0.898. The molecule has 0 radical (unpaired) electrons. The Kier molecular flexibility index (Phi) is 4.60. The molecule has 0 aromatic carbocycles. The molecule has 18 heavy (non-hydrogen) atoms. The van der Waals surface area contributed by atoms with E-state index in [0.29, 0.717) is 5.69 Å². The van der Waals surface area contributed by atoms with Crippen LogP contribution in [0.4, 0.5) is 13.2 Å². The molecule has 0 fully saturated rings. The van der Waals surface area contributed by atoms with E-state index in [9.17, 15) is 18.0 Å². The van der Waals surface area contributed by atoms with E-state index in [-0.39, 0.29) is 35.7 Å². The third-order valence-corrected chi connectivity index (χ3v) is 2.81. The van der Waals surface area contributed by atoms with E-state index < -0.39 is 11.5 Å². The predicted molar refractivity (Wildman–Crippen MR) is 59.6 cm³/mol. The van der Waals surface area contributed by atoms with Gasteiger partial charge in [0.25, 0.3) is 0 Å². The van der Waals surface area contributed by atoms with Crippen LogP contribution in [0.1, 0.15) is 35.9 Å². The summed E-state index contributed by atoms with van der Waals surface area (Å²) < 4.78 is 37.1. The van der Waals surface area contributed by atoms with E-state index >= 15 is 0 Å². The van der Waals surface area contributed by atoms with E-state index in [2.05, 4.69) is 10.3 Å². The average molecular weight is 283 g/mol. The maximum absolute atomic E-state index is 12.0. The van der Waals surface area contributed by atoms with Gasteiger partial charge in [-0.15, -0.1) is 5.10 Å². The lowest BCUT2D eigenvalue weighted by atomic mass is 10.1. The lowest BCUT2D eigenvalue weighted by molar-refractivity contribution is -0.0328. The molecule has 0 saturated carbocycles. The zero-order valence-corrected chi connectivity index (χ0v) is 10.5. The van der Waals surface area contributed by atoms with Crippen molar-refractivity contribution in [3.63, 3.8) is 0 Å². The number of aryl methyl sites for hydroxylation is 1. The minimum atomic E-state index is -4.30. The van der Waals surface area contributed by atoms with Gasteiger partial charge in [-0.1, -0.05) is 19.1 Å². The molecule has 0 aliphatic carbocycles. The summed E-state index contributed by atoms with van der Waals surface area (Å²) >= 11 is -0.170. The van der Waals surface area contributed by atoms with Gasteiger partial charge in [0.2, 0.25) is 0 Å². The molecule has 9 heteroatoms. The van der Waals surface area contributed by atoms with Crippen molar-refractivity contribution < 1.29 is 23.1 Å². The highest BCUT2D eigenvalue weighted by molar-refractivity contribution is 8.00. The van der Waals surface area contributed by atoms with E-state index in [0.717, 1.165) is 0 Å². The summed E-state index contributed by atoms with van der Waals surface area (Å²) in [7, 11) is 0. The monoisotopic (exact) mass is 283 g/mol. The molecule has 0 aliphatic heterocycles. The van der Waals surface area contributed by atoms with Crippen LogP contribution in [0.5, 0.6) is 0 Å². The Morgan fingerprint density at radius 2 is 2.11 bits per heavy atom. The van der Waals surface area contributed by atoms with Crippen LogP contribution in [0.3, 0.4) is 0 Å². The summed E-state index contributed by atoms with van der Waals surface area (Å²) in [6.07, 6.45) is 0. The zero-order chi connectivity index (χ0) is 13.9. The van der Waals surface area contributed by atoms with Crippen molar-refractivity contribution in [3.8, 4) is 0 Å². The first-order valence-electron chi connectivity index (χ1n) is 5.09. The number of alkyl halides is 3. The van der Waals surface area contributed by atoms with E-state index in [1.165, 1.54) is 4.68 Å². The van der Waals surface area contributed by atoms with Crippen molar-refractivity contribution in [2.45, 2.75) is 31.8 Å². The molecular formula is C9H12F3N3O2S. The number of aromatic carboxylic acids is 1. The fourth-order valence-corrected chi connectivity index (χ4v) is 1.95. The first kappa shape index (κ1) is 14.8. The van der Waals surface area contributed by atoms with Gasteiger partial charge >= 0.3 is 11.5 Å². The topological polar surface area (TPSA) is 68.0 Å². The standard InChI is InChI=1S/C9H12F3N3O2S/c1-5(2)7-6(8(16)17)13-14-15(7)3-4-18-9(10,11)12/h5H,3-4H2,1-2H3,(H,16,17). The minimum Gasteiger partial charge on any atom is -0.476 e. The number of nitrogens with zero attached hydrogens (tertiary/aromatic N) is 3. The molecule has 0 amide bonds. The third kappa shape index (κ3) is 3.90. The molecule has 102 valence electrons. The molecule has 0 saturated heterocycles. The Labute approximate surface area is 105 Å². The summed E-state index contributed by atoms with van der Waals surface area (Å²) in [4.78, 5) is 10.9. The van der Waals surface area contributed by atoms with E-state index in [1.54, 1.807) is 13.8 Å². The highest BCUT2D eigenvalue weighted by Crippen LogP contribution is 2.30. The maximum atomic E-state index is 12.0. The van der Waals surface area contributed by atoms with Gasteiger partial charge < -0.3 is 5.11 Å². The Bertz CT molecular complexity index is 431. The van der Waals surface area contributed by atoms with Crippen molar-refractivity contribution >= 4 is 17.7 Å². The summed E-state index contributed by atoms with van der Waals surface area (Å²) in [6, 6.07) is 0. The number of hydrogen-bond acceptors (Lipinski definition) is 4. The fraction of sp³-hybridized carbons (Fsp3) is 0.667. The number of carboxylic acids is 1. The summed E-state index contributed by atoms with van der Waals surface area (Å²) in [6.45, 7) is 3.44. The van der Waals surface area contributed by atoms with Crippen LogP contribution in [-0.2, 0) is 6.54 Å². The highest BCUT2D eigenvalue weighted by atomic mass is 32.2. The van der Waals surface area contributed by atoms with Crippen LogP contribution in [0, 0.1) is 0 Å². The van der Waals surface area contributed by atoms with Crippen molar-refractivity contribution in [2.75, 3.05) is 5.75 Å². The maximum Gasteiger partial charge on any atom is 0.441 e. The first-order chi connectivity index (χ1) is 8.22. The van der Waals surface area contributed by atoms with Crippen LogP contribution in [0.2, 0.25) is 0 Å². The summed E-state index contributed by atoms with van der Waals surface area (Å²) in [5, 5.41) is 15.9. The molecular weight excluding hydrogens is 271 g/mol. The Morgan fingerprint density at radius 3 is 2.56 bits per heavy atom. The van der Waals surface area contributed by atoms with Gasteiger partial charge in [0.05, 0.1) is 12.2 Å². The molecule has 0 spiro atoms. The van der Waals surface area contributed by atoms with Crippen LogP contribution in [0.15, 0.2) is 0 Å². The van der Waals surface area contributed by atoms with Gasteiger partial charge in [0, 0.05) is 5.75 Å². The van der Waals surface area contributed by atoms with Gasteiger partial charge in [-0.05, 0) is 17.7 Å². The van der Waals surface area contributed by atoms with Crippen LogP contribution in [-0.4, -0.2) is 37.3 Å². The summed E-state index contributed by atoms with van der Waals surface area (Å²) in [5.74, 6) is -1.64. The number of carboxylic acid groups (broad SMARTS) is 1. The van der Waals surface area contributed by atoms with Gasteiger partial charge in [-0.25, -0.2) is 9.48 Å². The molecule has 1 aromatic heterocycles. The minimum absolute atomic E-state index is 0.0298. The molecule has 1 rings (SSSR count). The van der Waals surface area contributed by atoms with Crippen LogP contribution >= 0.6 is 11.8 Å². The smallest absolute Gasteiger partial charge is 0.441 e. The van der Waals surface area contributed by atoms with Crippen molar-refractivity contribution in [1.29, 1.82) is 0 Å². The van der Waals surface area contributed by atoms with E-state index in [1.807, 2.05) is 0 Å². The second-order valence-corrected chi connectivity index (χ2v) is 4.96. The Hall–Kier alpha value is -1.25. The van der Waals surface area contributed by atoms with Crippen LogP contribution in [0.25, 0.3) is 0 Å². The van der Waals surface area contributed by atoms with Gasteiger partial charge in [0.15, 0.2) is 5.69 Å². The second-order valence-electron chi connectivity index (χ2n) is 3.80. The zero-order valence-electron chi connectivity index (χ0n) is 9.73. The number of thioether (sulfide) groups is 1. The lowest BCUT2D eigenvalue weighted by Gasteiger charge is -2.10. The molecule has 1 heterocycles. The molecule has 0 unspecified atom stereocenters. The first-order valence-corrected chi connectivity index (χ1v) is 6.08. The summed E-state index contributed by atoms with van der Waals surface area (Å²) in [5.41, 5.74) is -4.17. The number of aromatic nitrogens is 3. The molecule has 5 nitrogen and oxygen atoms in total. The van der Waals surface area contributed by atoms with Crippen LogP contribution < -0.4 is 0 Å². The largest absolute Gasteiger partial charge is 0.476 e. The average Bonchev–Trinajstić information content (AvgIpc) is 2.59. The number of halogens is 3. The lowest BCUT2D eigenvalue weighted by Crippen LogP contribution is -2.13. The fourth-order valence-electron chi connectivity index (χ4n) is 1.46.